The van der Waals surface area contributed by atoms with Crippen LogP contribution in [0.4, 0.5) is 14.5 Å². The predicted octanol–water partition coefficient (Wildman–Crippen LogP) is 5.13. The number of aryl methyl sites for hydroxylation is 1. The van der Waals surface area contributed by atoms with Crippen LogP contribution >= 0.6 is 23.4 Å². The van der Waals surface area contributed by atoms with Crippen LogP contribution in [0, 0.1) is 6.92 Å². The number of rotatable bonds is 8. The fraction of sp³-hybridized carbons (Fsp3) is 0.278. The molecule has 0 heterocycles. The number of carbonyl (C=O) groups excluding carboxylic acids is 1. The van der Waals surface area contributed by atoms with Crippen molar-refractivity contribution in [2.24, 2.45) is 0 Å². The Labute approximate surface area is 159 Å². The molecular weight excluding hydrogens is 384 g/mol. The highest BCUT2D eigenvalue weighted by Crippen LogP contribution is 2.30. The van der Waals surface area contributed by atoms with Crippen LogP contribution in [-0.4, -0.2) is 25.4 Å². The molecule has 140 valence electrons. The summed E-state index contributed by atoms with van der Waals surface area (Å²) in [6.45, 7) is -1.03. The molecule has 0 aliphatic carbocycles. The van der Waals surface area contributed by atoms with E-state index < -0.39 is 6.61 Å². The van der Waals surface area contributed by atoms with Crippen molar-refractivity contribution in [3.8, 4) is 11.5 Å². The number of nitrogens with one attached hydrogen (secondary N) is 1. The summed E-state index contributed by atoms with van der Waals surface area (Å²) in [5.41, 5.74) is 2.41. The summed E-state index contributed by atoms with van der Waals surface area (Å²) in [7, 11) is 1.38. The standard InChI is InChI=1S/C18H18ClF2NO3S/c1-11-3-5-13(8-14(11)19)22-17(23)10-26-9-12-4-6-15(25-18(20)21)16(7-12)24-2/h3-8,18H,9-10H2,1-2H3,(H,22,23). The fourth-order valence-electron chi connectivity index (χ4n) is 2.12. The third-order valence-electron chi connectivity index (χ3n) is 3.40. The van der Waals surface area contributed by atoms with Gasteiger partial charge in [0, 0.05) is 16.5 Å². The molecule has 0 radical (unpaired) electrons. The quantitative estimate of drug-likeness (QED) is 0.666. The van der Waals surface area contributed by atoms with Crippen LogP contribution in [0.1, 0.15) is 11.1 Å². The molecule has 0 aromatic heterocycles. The molecular formula is C18H18ClF2NO3S. The summed E-state index contributed by atoms with van der Waals surface area (Å²) >= 11 is 7.42. The van der Waals surface area contributed by atoms with Gasteiger partial charge in [0.25, 0.3) is 0 Å². The van der Waals surface area contributed by atoms with E-state index in [2.05, 4.69) is 10.1 Å². The van der Waals surface area contributed by atoms with E-state index in [1.807, 2.05) is 13.0 Å². The second kappa shape index (κ2) is 9.64. The van der Waals surface area contributed by atoms with Gasteiger partial charge in [-0.2, -0.15) is 8.78 Å². The third-order valence-corrected chi connectivity index (χ3v) is 4.81. The highest BCUT2D eigenvalue weighted by molar-refractivity contribution is 7.99. The van der Waals surface area contributed by atoms with Crippen molar-refractivity contribution in [1.82, 2.24) is 0 Å². The number of ether oxygens (including phenoxy) is 2. The summed E-state index contributed by atoms with van der Waals surface area (Å²) < 4.78 is 34.1. The third kappa shape index (κ3) is 6.07. The Balaban J connectivity index is 1.86. The van der Waals surface area contributed by atoms with Gasteiger partial charge in [0.15, 0.2) is 11.5 Å². The smallest absolute Gasteiger partial charge is 0.387 e. The van der Waals surface area contributed by atoms with E-state index in [1.54, 1.807) is 24.3 Å². The molecule has 1 amide bonds. The zero-order valence-corrected chi connectivity index (χ0v) is 15.8. The van der Waals surface area contributed by atoms with Gasteiger partial charge in [0.05, 0.1) is 12.9 Å². The topological polar surface area (TPSA) is 47.6 Å². The molecule has 2 aromatic carbocycles. The first-order valence-electron chi connectivity index (χ1n) is 7.64. The van der Waals surface area contributed by atoms with Gasteiger partial charge >= 0.3 is 6.61 Å². The molecule has 4 nitrogen and oxygen atoms in total. The lowest BCUT2D eigenvalue weighted by atomic mass is 10.2. The lowest BCUT2D eigenvalue weighted by molar-refractivity contribution is -0.113. The summed E-state index contributed by atoms with van der Waals surface area (Å²) in [5, 5.41) is 3.37. The van der Waals surface area contributed by atoms with Crippen LogP contribution < -0.4 is 14.8 Å². The maximum atomic E-state index is 12.3. The monoisotopic (exact) mass is 401 g/mol. The van der Waals surface area contributed by atoms with Crippen molar-refractivity contribution in [1.29, 1.82) is 0 Å². The number of alkyl halides is 2. The van der Waals surface area contributed by atoms with Crippen molar-refractivity contribution in [2.45, 2.75) is 19.3 Å². The number of anilines is 1. The number of methoxy groups -OCH3 is 1. The minimum absolute atomic E-state index is 0.0229. The highest BCUT2D eigenvalue weighted by Gasteiger charge is 2.11. The van der Waals surface area contributed by atoms with E-state index >= 15 is 0 Å². The Kier molecular flexibility index (Phi) is 7.53. The number of amides is 1. The zero-order chi connectivity index (χ0) is 19.1. The second-order valence-electron chi connectivity index (χ2n) is 5.37. The summed E-state index contributed by atoms with van der Waals surface area (Å²) in [6.07, 6.45) is 0. The predicted molar refractivity (Wildman–Crippen MR) is 101 cm³/mol. The number of halogens is 3. The van der Waals surface area contributed by atoms with Gasteiger partial charge in [-0.05, 0) is 42.3 Å². The molecule has 0 unspecified atom stereocenters. The first-order chi connectivity index (χ1) is 12.4. The van der Waals surface area contributed by atoms with Crippen LogP contribution in [0.25, 0.3) is 0 Å². The molecule has 0 saturated carbocycles. The number of hydrogen-bond acceptors (Lipinski definition) is 4. The zero-order valence-electron chi connectivity index (χ0n) is 14.2. The lowest BCUT2D eigenvalue weighted by Crippen LogP contribution is -2.14. The Hall–Kier alpha value is -1.99. The van der Waals surface area contributed by atoms with E-state index in [1.165, 1.54) is 24.9 Å². The Bertz CT molecular complexity index is 774. The molecule has 8 heteroatoms. The molecule has 1 N–H and O–H groups in total. The molecule has 0 saturated heterocycles. The van der Waals surface area contributed by atoms with Crippen LogP contribution in [0.15, 0.2) is 36.4 Å². The Morgan fingerprint density at radius 3 is 2.65 bits per heavy atom. The SMILES string of the molecule is COc1cc(CSCC(=O)Nc2ccc(C)c(Cl)c2)ccc1OC(F)F. The maximum Gasteiger partial charge on any atom is 0.387 e. The van der Waals surface area contributed by atoms with Gasteiger partial charge in [-0.1, -0.05) is 23.7 Å². The molecule has 2 aromatic rings. The van der Waals surface area contributed by atoms with Gasteiger partial charge < -0.3 is 14.8 Å². The molecule has 0 aliphatic rings. The minimum atomic E-state index is -2.91. The van der Waals surface area contributed by atoms with Crippen LogP contribution in [0.5, 0.6) is 11.5 Å². The van der Waals surface area contributed by atoms with Gasteiger partial charge in [-0.15, -0.1) is 11.8 Å². The van der Waals surface area contributed by atoms with Crippen molar-refractivity contribution >= 4 is 35.0 Å². The first-order valence-corrected chi connectivity index (χ1v) is 9.17. The van der Waals surface area contributed by atoms with Gasteiger partial charge in [-0.25, -0.2) is 0 Å². The van der Waals surface area contributed by atoms with Crippen molar-refractivity contribution in [2.75, 3.05) is 18.2 Å². The van der Waals surface area contributed by atoms with Crippen LogP contribution in [-0.2, 0) is 10.5 Å². The van der Waals surface area contributed by atoms with E-state index in [9.17, 15) is 13.6 Å². The number of benzene rings is 2. The first kappa shape index (κ1) is 20.3. The van der Waals surface area contributed by atoms with Crippen LogP contribution in [0.2, 0.25) is 5.02 Å². The molecule has 0 aliphatic heterocycles. The number of thioether (sulfide) groups is 1. The lowest BCUT2D eigenvalue weighted by Gasteiger charge is -2.11. The second-order valence-corrected chi connectivity index (χ2v) is 6.76. The summed E-state index contributed by atoms with van der Waals surface area (Å²) in [6, 6.07) is 10.0. The van der Waals surface area contributed by atoms with E-state index in [0.717, 1.165) is 11.1 Å². The van der Waals surface area contributed by atoms with E-state index in [0.29, 0.717) is 16.5 Å². The van der Waals surface area contributed by atoms with Gasteiger partial charge in [0.1, 0.15) is 0 Å². The number of carbonyl (C=O) groups is 1. The molecule has 0 spiro atoms. The highest BCUT2D eigenvalue weighted by atomic mass is 35.5. The normalized spacial score (nSPS) is 10.7. The molecule has 2 rings (SSSR count). The summed E-state index contributed by atoms with van der Waals surface area (Å²) in [5.74, 6) is 0.808. The number of hydrogen-bond donors (Lipinski definition) is 1. The average Bonchev–Trinajstić information content (AvgIpc) is 2.59. The van der Waals surface area contributed by atoms with Crippen molar-refractivity contribution in [3.63, 3.8) is 0 Å². The Morgan fingerprint density at radius 1 is 1.23 bits per heavy atom. The van der Waals surface area contributed by atoms with E-state index in [4.69, 9.17) is 16.3 Å². The minimum Gasteiger partial charge on any atom is -0.493 e. The maximum absolute atomic E-state index is 12.3. The molecule has 26 heavy (non-hydrogen) atoms. The van der Waals surface area contributed by atoms with Crippen molar-refractivity contribution in [3.05, 3.63) is 52.5 Å². The van der Waals surface area contributed by atoms with Crippen LogP contribution in [0.3, 0.4) is 0 Å². The Morgan fingerprint density at radius 2 is 2.00 bits per heavy atom. The molecule has 0 atom stereocenters. The average molecular weight is 402 g/mol. The van der Waals surface area contributed by atoms with Gasteiger partial charge in [-0.3, -0.25) is 4.79 Å². The molecule has 0 bridgehead atoms. The van der Waals surface area contributed by atoms with Crippen molar-refractivity contribution < 1.29 is 23.0 Å². The fourth-order valence-corrected chi connectivity index (χ4v) is 3.08. The largest absolute Gasteiger partial charge is 0.493 e. The van der Waals surface area contributed by atoms with Gasteiger partial charge in [0.2, 0.25) is 5.91 Å². The van der Waals surface area contributed by atoms with E-state index in [-0.39, 0.29) is 23.2 Å². The summed E-state index contributed by atoms with van der Waals surface area (Å²) in [4.78, 5) is 12.0. The molecule has 0 fully saturated rings.